The molecular weight excluding hydrogens is 1340 g/mol. The van der Waals surface area contributed by atoms with E-state index >= 15 is 0 Å². The Hall–Kier alpha value is -11.0. The van der Waals surface area contributed by atoms with E-state index in [1.54, 1.807) is 0 Å². The van der Waals surface area contributed by atoms with Gasteiger partial charge in [0.15, 0.2) is 0 Å². The van der Waals surface area contributed by atoms with E-state index in [0.29, 0.717) is 0 Å². The van der Waals surface area contributed by atoms with Crippen molar-refractivity contribution in [3.05, 3.63) is 288 Å². The summed E-state index contributed by atoms with van der Waals surface area (Å²) in [7, 11) is -0.504. The van der Waals surface area contributed by atoms with Gasteiger partial charge in [-0.1, -0.05) is 184 Å². The lowest BCUT2D eigenvalue weighted by atomic mass is 9.83. The summed E-state index contributed by atoms with van der Waals surface area (Å²) in [6, 6.07) is 90.7. The normalized spacial score (nSPS) is 13.7. The summed E-state index contributed by atoms with van der Waals surface area (Å²) < 4.78 is 21.5. The third-order valence-corrected chi connectivity index (χ3v) is 20.6. The van der Waals surface area contributed by atoms with Gasteiger partial charge in [0.05, 0.1) is 77.8 Å². The zero-order chi connectivity index (χ0) is 66.0. The highest BCUT2D eigenvalue weighted by Gasteiger charge is 2.52. The number of hydrogen-bond acceptors (Lipinski definition) is 8. The van der Waals surface area contributed by atoms with Crippen molar-refractivity contribution in [1.82, 2.24) is 43.1 Å². The topological polar surface area (TPSA) is 109 Å². The third-order valence-electron chi connectivity index (χ3n) is 19.6. The second-order valence-corrected chi connectivity index (χ2v) is 27.8. The first kappa shape index (κ1) is 59.5. The number of imidazole rings is 3. The molecule has 10 aromatic carbocycles. The van der Waals surface area contributed by atoms with Crippen molar-refractivity contribution in [2.24, 2.45) is 0 Å². The van der Waals surface area contributed by atoms with E-state index in [1.165, 1.54) is 11.1 Å². The lowest BCUT2D eigenvalue weighted by Gasteiger charge is -2.32. The van der Waals surface area contributed by atoms with Gasteiger partial charge in [0, 0.05) is 87.1 Å². The van der Waals surface area contributed by atoms with E-state index in [-0.39, 0.29) is 0 Å². The summed E-state index contributed by atoms with van der Waals surface area (Å²) >= 11 is 6.93. The van der Waals surface area contributed by atoms with Gasteiger partial charge in [-0.2, -0.15) is 0 Å². The molecule has 20 rings (SSSR count). The first-order valence-corrected chi connectivity index (χ1v) is 34.3. The highest BCUT2D eigenvalue weighted by molar-refractivity contribution is 9.10. The van der Waals surface area contributed by atoms with Crippen LogP contribution < -0.4 is 5.59 Å². The maximum atomic E-state index is 6.25. The van der Waals surface area contributed by atoms with Gasteiger partial charge in [0.25, 0.3) is 0 Å². The summed E-state index contributed by atoms with van der Waals surface area (Å²) in [4.78, 5) is 30.0. The summed E-state index contributed by atoms with van der Waals surface area (Å²) in [5.74, 6) is 0. The minimum Gasteiger partial charge on any atom is -0.398 e. The Bertz CT molecular complexity index is 6190. The van der Waals surface area contributed by atoms with Crippen molar-refractivity contribution in [1.29, 1.82) is 0 Å². The predicted octanol–water partition coefficient (Wildman–Crippen LogP) is 21.1. The first-order chi connectivity index (χ1) is 47.9. The van der Waals surface area contributed by atoms with Crippen molar-refractivity contribution in [3.63, 3.8) is 0 Å². The molecule has 0 bridgehead atoms. The van der Waals surface area contributed by atoms with E-state index < -0.39 is 18.3 Å². The van der Waals surface area contributed by atoms with Crippen LogP contribution in [0.2, 0.25) is 0 Å². The van der Waals surface area contributed by atoms with E-state index in [9.17, 15) is 0 Å². The molecule has 11 nitrogen and oxygen atoms in total. The van der Waals surface area contributed by atoms with Crippen LogP contribution in [0.15, 0.2) is 288 Å². The van der Waals surface area contributed by atoms with Crippen LogP contribution in [-0.4, -0.2) is 61.4 Å². The molecule has 1 saturated heterocycles. The summed E-state index contributed by atoms with van der Waals surface area (Å²) in [5, 5.41) is 9.94. The number of benzene rings is 10. The average Bonchev–Trinajstić information content (AvgIpc) is 1.51. The molecule has 0 amide bonds. The maximum Gasteiger partial charge on any atom is 0.514 e. The Balaban J connectivity index is 0.000000131. The highest BCUT2D eigenvalue weighted by atomic mass is 79.9. The number of nitrogens with zero attached hydrogens (tertiary/aromatic N) is 9. The fourth-order valence-electron chi connectivity index (χ4n) is 14.1. The number of hydrogen-bond donors (Lipinski definition) is 0. The van der Waals surface area contributed by atoms with Gasteiger partial charge in [0.2, 0.25) is 0 Å². The lowest BCUT2D eigenvalue weighted by Crippen LogP contribution is -2.41. The second-order valence-electron chi connectivity index (χ2n) is 26.0. The Morgan fingerprint density at radius 3 is 1.00 bits per heavy atom. The van der Waals surface area contributed by atoms with Crippen LogP contribution in [0.4, 0.5) is 0 Å². The summed E-state index contributed by atoms with van der Waals surface area (Å²) in [6.45, 7) is 8.23. The zero-order valence-electron chi connectivity index (χ0n) is 53.7. The molecule has 10 heterocycles. The molecule has 0 spiro atoms. The Morgan fingerprint density at radius 1 is 0.296 bits per heavy atom. The molecule has 0 N–H and O–H groups in total. The highest BCUT2D eigenvalue weighted by Crippen LogP contribution is 2.41. The van der Waals surface area contributed by atoms with E-state index in [4.69, 9.17) is 39.2 Å². The summed E-state index contributed by atoms with van der Waals surface area (Å²) in [6.07, 6.45) is 5.94. The smallest absolute Gasteiger partial charge is 0.398 e. The fraction of sp³-hybridized carbons (Fsp3) is 0.0714. The zero-order valence-corrected chi connectivity index (χ0v) is 56.9. The molecule has 0 aliphatic carbocycles. The monoisotopic (exact) mass is 1390 g/mol. The number of aromatic nitrogens is 9. The van der Waals surface area contributed by atoms with Gasteiger partial charge >= 0.3 is 7.12 Å². The van der Waals surface area contributed by atoms with Crippen molar-refractivity contribution in [2.45, 2.75) is 38.9 Å². The van der Waals surface area contributed by atoms with Gasteiger partial charge in [0.1, 0.15) is 16.9 Å². The van der Waals surface area contributed by atoms with Crippen LogP contribution in [-0.2, 0) is 9.31 Å². The number of pyridine rings is 6. The Morgan fingerprint density at radius 2 is 0.612 bits per heavy atom. The SMILES string of the molecule is Brc1cccc(-c2cccc(Br)c2)c1.CC1(C)OB(c2cc3c(cn2)c2ccccc2n2c4ccccc4nc32)OC1(C)C.c1cc(-c2cccc(-c3cc4c(cn3)c3ccccc3n3c5ccccc5nc43)c2)cc(-c2cc3c(cn2)c2ccccc2n2c4ccccc4nc32)c1. The molecular formula is C84H58BBr2N9O2. The van der Waals surface area contributed by atoms with Gasteiger partial charge in [-0.15, -0.1) is 0 Å². The van der Waals surface area contributed by atoms with Crippen LogP contribution in [0.1, 0.15) is 27.7 Å². The molecule has 0 unspecified atom stereocenters. The van der Waals surface area contributed by atoms with Crippen LogP contribution in [0, 0.1) is 0 Å². The minimum absolute atomic E-state index is 0.408. The summed E-state index contributed by atoms with van der Waals surface area (Å²) in [5.41, 5.74) is 20.9. The molecule has 0 saturated carbocycles. The van der Waals surface area contributed by atoms with E-state index in [2.05, 4.69) is 291 Å². The maximum absolute atomic E-state index is 6.25. The Kier molecular flexibility index (Phi) is 14.2. The molecule has 0 radical (unpaired) electrons. The largest absolute Gasteiger partial charge is 0.514 e. The van der Waals surface area contributed by atoms with Crippen molar-refractivity contribution in [2.75, 3.05) is 0 Å². The van der Waals surface area contributed by atoms with Crippen molar-refractivity contribution >= 4 is 160 Å². The lowest BCUT2D eigenvalue weighted by molar-refractivity contribution is 0.00578. The van der Waals surface area contributed by atoms with Gasteiger partial charge in [-0.3, -0.25) is 28.2 Å². The van der Waals surface area contributed by atoms with Crippen LogP contribution in [0.25, 0.3) is 160 Å². The standard InChI is InChI=1S/C48H28N6.C24H22BN3O2.C12H8Br2/c1-5-19-43-33(15-1)37-27-49-41(25-35(37)47-51-39-17-3-7-21-45(39)53(43)47)31-13-9-11-29(23-31)30-12-10-14-32(24-30)42-26-36-38(28-50-42)34-16-2-6-20-44(34)54-46-22-8-4-18-40(46)52-48(36)54;1-23(2)24(3,4)30-25(29-23)21-13-16-17(14-26-21)15-9-5-7-11-19(15)28-20-12-8-6-10-18(20)27-22(16)28;13-11-5-1-3-9(7-11)10-4-2-6-12(14)8-10/h1-28H;5-14H,1-4H3;1-8H. The minimum atomic E-state index is -0.504. The van der Waals surface area contributed by atoms with Gasteiger partial charge < -0.3 is 9.31 Å². The fourth-order valence-corrected chi connectivity index (χ4v) is 14.9. The van der Waals surface area contributed by atoms with Gasteiger partial charge in [-0.05, 0) is 159 Å². The molecule has 1 fully saturated rings. The molecule has 468 valence electrons. The molecule has 19 aromatic rings. The molecule has 1 aliphatic heterocycles. The Labute approximate surface area is 580 Å². The molecule has 1 aliphatic rings. The molecule has 0 atom stereocenters. The molecule has 98 heavy (non-hydrogen) atoms. The number of para-hydroxylation sites is 9. The number of halogens is 2. The van der Waals surface area contributed by atoms with Crippen LogP contribution in [0.5, 0.6) is 0 Å². The number of rotatable bonds is 5. The molecule has 14 heteroatoms. The van der Waals surface area contributed by atoms with Crippen LogP contribution in [0.3, 0.4) is 0 Å². The van der Waals surface area contributed by atoms with Gasteiger partial charge in [-0.25, -0.2) is 15.0 Å². The van der Waals surface area contributed by atoms with E-state index in [1.807, 2.05) is 61.1 Å². The number of fused-ring (bicyclic) bond motifs is 24. The van der Waals surface area contributed by atoms with E-state index in [0.717, 1.165) is 163 Å². The third kappa shape index (κ3) is 9.99. The molecule has 9 aromatic heterocycles. The second kappa shape index (κ2) is 23.4. The predicted molar refractivity (Wildman–Crippen MR) is 409 cm³/mol. The van der Waals surface area contributed by atoms with Crippen molar-refractivity contribution in [3.8, 4) is 44.8 Å². The average molecular weight is 1400 g/mol. The quantitative estimate of drug-likeness (QED) is 0.124. The van der Waals surface area contributed by atoms with Crippen molar-refractivity contribution < 1.29 is 9.31 Å². The first-order valence-electron chi connectivity index (χ1n) is 32.7. The van der Waals surface area contributed by atoms with Crippen LogP contribution >= 0.6 is 31.9 Å².